The number of likely N-dealkylation sites (tertiary alicyclic amines) is 1. The van der Waals surface area contributed by atoms with Gasteiger partial charge in [-0.1, -0.05) is 19.4 Å². The first-order valence-electron chi connectivity index (χ1n) is 11.6. The number of rotatable bonds is 12. The Labute approximate surface area is 191 Å². The zero-order chi connectivity index (χ0) is 22.8. The Kier molecular flexibility index (Phi) is 9.04. The monoisotopic (exact) mass is 436 g/mol. The molecular weight excluding hydrogens is 400 g/mol. The van der Waals surface area contributed by atoms with Gasteiger partial charge in [-0.05, 0) is 63.0 Å². The molecule has 1 unspecified atom stereocenters. The molecule has 1 fully saturated rings. The maximum Gasteiger partial charge on any atom is 0.155 e. The number of piperidine rings is 1. The van der Waals surface area contributed by atoms with Crippen molar-refractivity contribution >= 4 is 11.4 Å². The van der Waals surface area contributed by atoms with Gasteiger partial charge in [0.25, 0.3) is 0 Å². The lowest BCUT2D eigenvalue weighted by atomic mass is 9.89. The number of nitrogens with two attached hydrogens (primary N) is 1. The smallest absolute Gasteiger partial charge is 0.155 e. The number of anilines is 1. The van der Waals surface area contributed by atoms with Gasteiger partial charge in [-0.25, -0.2) is 4.98 Å². The van der Waals surface area contributed by atoms with E-state index in [1.54, 1.807) is 0 Å². The van der Waals surface area contributed by atoms with E-state index in [0.717, 1.165) is 37.1 Å². The van der Waals surface area contributed by atoms with Crippen LogP contribution in [0.15, 0.2) is 49.0 Å². The minimum absolute atomic E-state index is 0.106. The molecule has 1 aliphatic heterocycles. The Bertz CT molecular complexity index is 899. The van der Waals surface area contributed by atoms with Gasteiger partial charge in [-0.2, -0.15) is 5.10 Å². The summed E-state index contributed by atoms with van der Waals surface area (Å²) in [7, 11) is 0. The molecule has 1 aromatic heterocycles. The number of hydrogen-bond acceptors (Lipinski definition) is 6. The third-order valence-corrected chi connectivity index (χ3v) is 5.96. The number of allylic oxidation sites excluding steroid dienone is 3. The second-order valence-corrected chi connectivity index (χ2v) is 8.26. The largest absolute Gasteiger partial charge is 0.497 e. The van der Waals surface area contributed by atoms with Crippen molar-refractivity contribution in [2.24, 2.45) is 5.92 Å². The molecule has 7 nitrogen and oxygen atoms in total. The van der Waals surface area contributed by atoms with Crippen LogP contribution in [0, 0.1) is 11.3 Å². The van der Waals surface area contributed by atoms with E-state index in [1.165, 1.54) is 38.7 Å². The van der Waals surface area contributed by atoms with Crippen LogP contribution in [-0.2, 0) is 4.74 Å². The van der Waals surface area contributed by atoms with Crippen molar-refractivity contribution in [3.05, 3.63) is 54.6 Å². The number of H-pyrrole nitrogens is 1. The highest BCUT2D eigenvalue weighted by molar-refractivity contribution is 6.05. The number of ether oxygens (including phenoxy) is 1. The SMILES string of the molecule is C=CCCC(/C=C(\CC)OCCN1CCCCC1)C(=N)c1cc(-c2ncn[nH]2)ccc1N. The average Bonchev–Trinajstić information content (AvgIpc) is 3.36. The molecule has 1 atom stereocenters. The number of aromatic amines is 1. The van der Waals surface area contributed by atoms with E-state index in [2.05, 4.69) is 39.7 Å². The van der Waals surface area contributed by atoms with Crippen molar-refractivity contribution in [3.63, 3.8) is 0 Å². The molecule has 4 N–H and O–H groups in total. The van der Waals surface area contributed by atoms with Crippen molar-refractivity contribution in [2.75, 3.05) is 32.0 Å². The van der Waals surface area contributed by atoms with Gasteiger partial charge in [0.2, 0.25) is 0 Å². The number of benzene rings is 1. The summed E-state index contributed by atoms with van der Waals surface area (Å²) in [5.41, 5.74) is 8.91. The van der Waals surface area contributed by atoms with E-state index in [9.17, 15) is 0 Å². The molecule has 0 radical (unpaired) electrons. The summed E-state index contributed by atoms with van der Waals surface area (Å²) >= 11 is 0. The van der Waals surface area contributed by atoms with Crippen LogP contribution in [-0.4, -0.2) is 52.0 Å². The molecular formula is C25H36N6O. The lowest BCUT2D eigenvalue weighted by molar-refractivity contribution is 0.138. The van der Waals surface area contributed by atoms with E-state index >= 15 is 0 Å². The lowest BCUT2D eigenvalue weighted by Gasteiger charge is -2.26. The fraction of sp³-hybridized carbons (Fsp3) is 0.480. The Hall–Kier alpha value is -2.93. The highest BCUT2D eigenvalue weighted by Gasteiger charge is 2.19. The topological polar surface area (TPSA) is 104 Å². The number of nitrogen functional groups attached to an aromatic ring is 1. The van der Waals surface area contributed by atoms with Crippen LogP contribution in [0.3, 0.4) is 0 Å². The Morgan fingerprint density at radius 1 is 1.34 bits per heavy atom. The quantitative estimate of drug-likeness (QED) is 0.192. The molecule has 7 heteroatoms. The third-order valence-electron chi connectivity index (χ3n) is 5.96. The first-order valence-corrected chi connectivity index (χ1v) is 11.6. The van der Waals surface area contributed by atoms with Gasteiger partial charge in [0.1, 0.15) is 12.9 Å². The zero-order valence-electron chi connectivity index (χ0n) is 19.1. The molecule has 32 heavy (non-hydrogen) atoms. The molecule has 0 bridgehead atoms. The molecule has 0 amide bonds. The van der Waals surface area contributed by atoms with E-state index in [4.69, 9.17) is 15.9 Å². The average molecular weight is 437 g/mol. The molecule has 3 rings (SSSR count). The Balaban J connectivity index is 1.74. The maximum absolute atomic E-state index is 8.97. The van der Waals surface area contributed by atoms with Gasteiger partial charge in [0.15, 0.2) is 5.82 Å². The lowest BCUT2D eigenvalue weighted by Crippen LogP contribution is -2.32. The van der Waals surface area contributed by atoms with Crippen molar-refractivity contribution in [3.8, 4) is 11.4 Å². The van der Waals surface area contributed by atoms with Gasteiger partial charge < -0.3 is 15.9 Å². The summed E-state index contributed by atoms with van der Waals surface area (Å²) in [5.74, 6) is 1.49. The fourth-order valence-electron chi connectivity index (χ4n) is 4.07. The molecule has 0 saturated carbocycles. The van der Waals surface area contributed by atoms with Crippen molar-refractivity contribution in [1.29, 1.82) is 5.41 Å². The highest BCUT2D eigenvalue weighted by Crippen LogP contribution is 2.26. The van der Waals surface area contributed by atoms with E-state index in [-0.39, 0.29) is 5.92 Å². The second kappa shape index (κ2) is 12.2. The van der Waals surface area contributed by atoms with Gasteiger partial charge in [0, 0.05) is 41.4 Å². The first kappa shape index (κ1) is 23.7. The maximum atomic E-state index is 8.97. The van der Waals surface area contributed by atoms with Crippen molar-refractivity contribution in [2.45, 2.75) is 45.4 Å². The van der Waals surface area contributed by atoms with Crippen molar-refractivity contribution in [1.82, 2.24) is 20.1 Å². The number of nitrogens with one attached hydrogen (secondary N) is 2. The zero-order valence-corrected chi connectivity index (χ0v) is 19.1. The van der Waals surface area contributed by atoms with Crippen LogP contribution >= 0.6 is 0 Å². The summed E-state index contributed by atoms with van der Waals surface area (Å²) in [4.78, 5) is 6.69. The highest BCUT2D eigenvalue weighted by atomic mass is 16.5. The van der Waals surface area contributed by atoms with Gasteiger partial charge in [0.05, 0.1) is 5.76 Å². The molecule has 1 aromatic carbocycles. The molecule has 2 aromatic rings. The number of aromatic nitrogens is 3. The van der Waals surface area contributed by atoms with Gasteiger partial charge in [-0.15, -0.1) is 6.58 Å². The second-order valence-electron chi connectivity index (χ2n) is 8.26. The van der Waals surface area contributed by atoms with Crippen LogP contribution in [0.4, 0.5) is 5.69 Å². The van der Waals surface area contributed by atoms with Crippen LogP contribution in [0.5, 0.6) is 0 Å². The first-order chi connectivity index (χ1) is 15.6. The van der Waals surface area contributed by atoms with Crippen molar-refractivity contribution < 1.29 is 4.74 Å². The van der Waals surface area contributed by atoms with E-state index < -0.39 is 0 Å². The summed E-state index contributed by atoms with van der Waals surface area (Å²) in [6.07, 6.45) is 11.8. The van der Waals surface area contributed by atoms with Crippen LogP contribution in [0.1, 0.15) is 51.0 Å². The molecule has 172 valence electrons. The predicted molar refractivity (Wildman–Crippen MR) is 131 cm³/mol. The van der Waals surface area contributed by atoms with Crippen LogP contribution in [0.2, 0.25) is 0 Å². The van der Waals surface area contributed by atoms with E-state index in [1.807, 2.05) is 24.3 Å². The molecule has 1 aliphatic rings. The summed E-state index contributed by atoms with van der Waals surface area (Å²) in [5, 5.41) is 15.8. The predicted octanol–water partition coefficient (Wildman–Crippen LogP) is 4.80. The third kappa shape index (κ3) is 6.53. The fourth-order valence-corrected chi connectivity index (χ4v) is 4.07. The van der Waals surface area contributed by atoms with E-state index in [0.29, 0.717) is 29.4 Å². The minimum Gasteiger partial charge on any atom is -0.497 e. The normalized spacial score (nSPS) is 16.0. The molecule has 0 spiro atoms. The minimum atomic E-state index is -0.106. The Morgan fingerprint density at radius 2 is 2.16 bits per heavy atom. The van der Waals surface area contributed by atoms with Crippen LogP contribution < -0.4 is 5.73 Å². The van der Waals surface area contributed by atoms with Crippen LogP contribution in [0.25, 0.3) is 11.4 Å². The number of nitrogens with zero attached hydrogens (tertiary/aromatic N) is 3. The standard InChI is InChI=1S/C25H36N6O/c1-3-5-9-19(16-21(4-2)32-15-14-31-12-7-6-8-13-31)24(27)22-17-20(10-11-23(22)26)25-28-18-29-30-25/h3,10-11,16-19,27H,1,4-9,12-15,26H2,2H3,(H,28,29,30)/b21-16+,27-24?. The summed E-state index contributed by atoms with van der Waals surface area (Å²) in [6.45, 7) is 9.93. The van der Waals surface area contributed by atoms with Gasteiger partial charge >= 0.3 is 0 Å². The molecule has 2 heterocycles. The summed E-state index contributed by atoms with van der Waals surface area (Å²) < 4.78 is 6.15. The summed E-state index contributed by atoms with van der Waals surface area (Å²) in [6, 6.07) is 5.63. The van der Waals surface area contributed by atoms with Gasteiger partial charge in [-0.3, -0.25) is 10.00 Å². The Morgan fingerprint density at radius 3 is 2.84 bits per heavy atom. The molecule has 1 saturated heterocycles. The molecule has 0 aliphatic carbocycles. The number of hydrogen-bond donors (Lipinski definition) is 3.